The topological polar surface area (TPSA) is 26.3 Å². The van der Waals surface area contributed by atoms with Gasteiger partial charge in [-0.2, -0.15) is 0 Å². The number of benzene rings is 1. The number of rotatable bonds is 3. The first-order valence-electron chi connectivity index (χ1n) is 6.60. The summed E-state index contributed by atoms with van der Waals surface area (Å²) < 4.78 is 4.61. The highest BCUT2D eigenvalue weighted by atomic mass is 16.5. The first kappa shape index (κ1) is 12.9. The zero-order chi connectivity index (χ0) is 12.8. The van der Waals surface area contributed by atoms with Gasteiger partial charge in [-0.15, -0.1) is 0 Å². The summed E-state index contributed by atoms with van der Waals surface area (Å²) in [6, 6.07) is 10.7. The van der Waals surface area contributed by atoms with Crippen LogP contribution in [0.1, 0.15) is 37.2 Å². The lowest BCUT2D eigenvalue weighted by Gasteiger charge is -2.26. The molecule has 0 atom stereocenters. The average Bonchev–Trinajstić information content (AvgIpc) is 2.46. The van der Waals surface area contributed by atoms with Crippen molar-refractivity contribution in [1.82, 2.24) is 0 Å². The van der Waals surface area contributed by atoms with Gasteiger partial charge >= 0.3 is 5.97 Å². The number of ether oxygens (including phenoxy) is 1. The highest BCUT2D eigenvalue weighted by Gasteiger charge is 2.20. The Bertz CT molecular complexity index is 400. The predicted octanol–water partition coefficient (Wildman–Crippen LogP) is 3.69. The third kappa shape index (κ3) is 3.46. The Hall–Kier alpha value is -1.57. The van der Waals surface area contributed by atoms with Crippen molar-refractivity contribution in [1.29, 1.82) is 0 Å². The van der Waals surface area contributed by atoms with Crippen LogP contribution in [0.3, 0.4) is 0 Å². The maximum Gasteiger partial charge on any atom is 0.330 e. The van der Waals surface area contributed by atoms with E-state index in [-0.39, 0.29) is 5.97 Å². The quantitative estimate of drug-likeness (QED) is 0.598. The van der Waals surface area contributed by atoms with Crippen molar-refractivity contribution in [2.75, 3.05) is 7.11 Å². The molecule has 0 unspecified atom stereocenters. The van der Waals surface area contributed by atoms with E-state index in [1.54, 1.807) is 6.08 Å². The Morgan fingerprint density at radius 2 is 1.83 bits per heavy atom. The van der Waals surface area contributed by atoms with E-state index in [2.05, 4.69) is 35.1 Å². The van der Waals surface area contributed by atoms with Gasteiger partial charge in [0.05, 0.1) is 7.11 Å². The van der Waals surface area contributed by atoms with Gasteiger partial charge in [-0.1, -0.05) is 36.4 Å². The van der Waals surface area contributed by atoms with E-state index in [1.807, 2.05) is 6.08 Å². The van der Waals surface area contributed by atoms with Gasteiger partial charge in [0, 0.05) is 6.08 Å². The zero-order valence-corrected chi connectivity index (χ0v) is 10.8. The zero-order valence-electron chi connectivity index (χ0n) is 10.8. The number of allylic oxidation sites excluding steroid dienone is 1. The number of methoxy groups -OCH3 is 1. The minimum absolute atomic E-state index is 0.250. The molecule has 0 bridgehead atoms. The van der Waals surface area contributed by atoms with Gasteiger partial charge in [0.2, 0.25) is 0 Å². The molecule has 1 aromatic rings. The molecule has 0 heterocycles. The van der Waals surface area contributed by atoms with Gasteiger partial charge in [-0.25, -0.2) is 4.79 Å². The molecule has 1 aliphatic carbocycles. The Morgan fingerprint density at radius 1 is 1.17 bits per heavy atom. The van der Waals surface area contributed by atoms with E-state index in [9.17, 15) is 4.79 Å². The highest BCUT2D eigenvalue weighted by Crippen LogP contribution is 2.36. The summed E-state index contributed by atoms with van der Waals surface area (Å²) in [7, 11) is 1.42. The fourth-order valence-corrected chi connectivity index (χ4v) is 2.65. The van der Waals surface area contributed by atoms with Crippen molar-refractivity contribution in [3.8, 4) is 0 Å². The first-order valence-corrected chi connectivity index (χ1v) is 6.60. The fourth-order valence-electron chi connectivity index (χ4n) is 2.65. The number of carbonyl (C=O) groups is 1. The van der Waals surface area contributed by atoms with Crippen molar-refractivity contribution in [3.05, 3.63) is 48.0 Å². The molecule has 1 aromatic carbocycles. The Labute approximate surface area is 109 Å². The largest absolute Gasteiger partial charge is 0.466 e. The molecule has 0 radical (unpaired) electrons. The second-order valence-electron chi connectivity index (χ2n) is 4.90. The van der Waals surface area contributed by atoms with Crippen LogP contribution < -0.4 is 0 Å². The molecule has 1 aliphatic rings. The summed E-state index contributed by atoms with van der Waals surface area (Å²) in [4.78, 5) is 11.0. The minimum Gasteiger partial charge on any atom is -0.466 e. The van der Waals surface area contributed by atoms with Crippen molar-refractivity contribution < 1.29 is 9.53 Å². The molecule has 0 saturated heterocycles. The van der Waals surface area contributed by atoms with Gasteiger partial charge in [0.15, 0.2) is 0 Å². The normalized spacial score (nSPS) is 24.1. The summed E-state index contributed by atoms with van der Waals surface area (Å²) in [5.74, 6) is 0.971. The summed E-state index contributed by atoms with van der Waals surface area (Å²) >= 11 is 0. The van der Waals surface area contributed by atoms with E-state index < -0.39 is 0 Å². The Balaban J connectivity index is 1.85. The van der Waals surface area contributed by atoms with E-state index in [0.29, 0.717) is 11.8 Å². The van der Waals surface area contributed by atoms with E-state index >= 15 is 0 Å². The lowest BCUT2D eigenvalue weighted by molar-refractivity contribution is -0.134. The third-order valence-electron chi connectivity index (χ3n) is 3.75. The molecule has 18 heavy (non-hydrogen) atoms. The summed E-state index contributed by atoms with van der Waals surface area (Å²) in [6.07, 6.45) is 8.31. The molecule has 0 amide bonds. The van der Waals surface area contributed by atoms with Crippen LogP contribution in [-0.2, 0) is 9.53 Å². The van der Waals surface area contributed by atoms with E-state index in [4.69, 9.17) is 0 Å². The van der Waals surface area contributed by atoms with Gasteiger partial charge < -0.3 is 4.74 Å². The molecule has 0 spiro atoms. The van der Waals surface area contributed by atoms with Crippen LogP contribution in [0.15, 0.2) is 42.5 Å². The fraction of sp³-hybridized carbons (Fsp3) is 0.438. The SMILES string of the molecule is COC(=O)/C=C/C1CCC(c2ccccc2)CC1. The van der Waals surface area contributed by atoms with Gasteiger partial charge in [0.25, 0.3) is 0 Å². The summed E-state index contributed by atoms with van der Waals surface area (Å²) in [6.45, 7) is 0. The molecule has 0 N–H and O–H groups in total. The van der Waals surface area contributed by atoms with Crippen molar-refractivity contribution in [2.45, 2.75) is 31.6 Å². The molecule has 0 aliphatic heterocycles. The lowest BCUT2D eigenvalue weighted by Crippen LogP contribution is -2.12. The molecular formula is C16H20O2. The van der Waals surface area contributed by atoms with Crippen molar-refractivity contribution in [3.63, 3.8) is 0 Å². The van der Waals surface area contributed by atoms with Crippen LogP contribution >= 0.6 is 0 Å². The van der Waals surface area contributed by atoms with Crippen LogP contribution in [0.2, 0.25) is 0 Å². The molecule has 1 fully saturated rings. The Morgan fingerprint density at radius 3 is 2.44 bits per heavy atom. The van der Waals surface area contributed by atoms with Gasteiger partial charge in [-0.05, 0) is 43.1 Å². The molecular weight excluding hydrogens is 224 g/mol. The second kappa shape index (κ2) is 6.39. The van der Waals surface area contributed by atoms with E-state index in [0.717, 1.165) is 12.8 Å². The average molecular weight is 244 g/mol. The molecule has 96 valence electrons. The Kier molecular flexibility index (Phi) is 4.57. The van der Waals surface area contributed by atoms with Crippen LogP contribution in [-0.4, -0.2) is 13.1 Å². The molecule has 2 nitrogen and oxygen atoms in total. The predicted molar refractivity (Wildman–Crippen MR) is 72.3 cm³/mol. The number of carbonyl (C=O) groups excluding carboxylic acids is 1. The summed E-state index contributed by atoms with van der Waals surface area (Å²) in [5.41, 5.74) is 1.45. The van der Waals surface area contributed by atoms with Crippen molar-refractivity contribution in [2.24, 2.45) is 5.92 Å². The standard InChI is InChI=1S/C16H20O2/c1-18-16(17)12-9-13-7-10-15(11-8-13)14-5-3-2-4-6-14/h2-6,9,12-13,15H,7-8,10-11H2,1H3/b12-9+. The third-order valence-corrected chi connectivity index (χ3v) is 3.75. The molecule has 2 rings (SSSR count). The highest BCUT2D eigenvalue weighted by molar-refractivity contribution is 5.81. The van der Waals surface area contributed by atoms with Crippen LogP contribution in [0.5, 0.6) is 0 Å². The molecule has 1 saturated carbocycles. The smallest absolute Gasteiger partial charge is 0.330 e. The number of hydrogen-bond donors (Lipinski definition) is 0. The number of esters is 1. The number of hydrogen-bond acceptors (Lipinski definition) is 2. The van der Waals surface area contributed by atoms with Crippen LogP contribution in [0.4, 0.5) is 0 Å². The summed E-state index contributed by atoms with van der Waals surface area (Å²) in [5, 5.41) is 0. The van der Waals surface area contributed by atoms with Gasteiger partial charge in [0.1, 0.15) is 0 Å². The molecule has 0 aromatic heterocycles. The van der Waals surface area contributed by atoms with Crippen molar-refractivity contribution >= 4 is 5.97 Å². The maximum absolute atomic E-state index is 11.0. The van der Waals surface area contributed by atoms with E-state index in [1.165, 1.54) is 25.5 Å². The molecule has 2 heteroatoms. The maximum atomic E-state index is 11.0. The first-order chi connectivity index (χ1) is 8.79. The van der Waals surface area contributed by atoms with Crippen LogP contribution in [0, 0.1) is 5.92 Å². The minimum atomic E-state index is -0.250. The second-order valence-corrected chi connectivity index (χ2v) is 4.90. The van der Waals surface area contributed by atoms with Gasteiger partial charge in [-0.3, -0.25) is 0 Å². The lowest BCUT2D eigenvalue weighted by atomic mass is 9.78. The van der Waals surface area contributed by atoms with Crippen LogP contribution in [0.25, 0.3) is 0 Å². The monoisotopic (exact) mass is 244 g/mol.